The first-order valence-corrected chi connectivity index (χ1v) is 14.9. The van der Waals surface area contributed by atoms with E-state index in [1.54, 1.807) is 14.0 Å². The number of hydrogen-bond donors (Lipinski definition) is 2. The van der Waals surface area contributed by atoms with Gasteiger partial charge in [-0.3, -0.25) is 14.4 Å². The van der Waals surface area contributed by atoms with Gasteiger partial charge in [-0.2, -0.15) is 0 Å². The summed E-state index contributed by atoms with van der Waals surface area (Å²) in [5, 5.41) is 20.7. The number of carboxylic acids is 2. The average molecular weight is 545 g/mol. The Labute approximate surface area is 233 Å². The fourth-order valence-electron chi connectivity index (χ4n) is 10.9. The lowest BCUT2D eigenvalue weighted by atomic mass is 9.33. The van der Waals surface area contributed by atoms with Crippen LogP contribution in [0, 0.1) is 50.2 Å². The summed E-state index contributed by atoms with van der Waals surface area (Å²) in [6.45, 7) is 12.7. The second-order valence-corrected chi connectivity index (χ2v) is 15.2. The second-order valence-electron chi connectivity index (χ2n) is 15.2. The maximum Gasteiger partial charge on any atom is 0.312 e. The molecule has 10 unspecified atom stereocenters. The number of carboxylic acid groups (broad SMARTS) is 2. The standard InChI is InChI=1S/C32H48O7/c1-27-13-15-30(4,26(36)37)24(39-18-38-7)22(27)19-17-20(33)23-28(2)10-8-11-29(3,25(34)35)21(28)9-12-32(23,6)31(19,5)16-14-27/h17,21-24H,8-16,18H2,1-7H3,(H,34,35)(H,36,37). The molecule has 7 nitrogen and oxygen atoms in total. The summed E-state index contributed by atoms with van der Waals surface area (Å²) in [4.78, 5) is 39.7. The highest BCUT2D eigenvalue weighted by molar-refractivity contribution is 5.96. The normalized spacial score (nSPS) is 51.1. The molecule has 2 N–H and O–H groups in total. The molecule has 0 aliphatic heterocycles. The summed E-state index contributed by atoms with van der Waals surface area (Å²) < 4.78 is 11.6. The molecule has 0 aromatic rings. The molecule has 0 radical (unpaired) electrons. The molecular formula is C32H48O7. The van der Waals surface area contributed by atoms with E-state index in [1.165, 1.54) is 0 Å². The molecule has 0 heterocycles. The number of aliphatic carboxylic acids is 2. The third-order valence-electron chi connectivity index (χ3n) is 13.5. The molecule has 4 saturated carbocycles. The van der Waals surface area contributed by atoms with Gasteiger partial charge >= 0.3 is 11.9 Å². The first-order chi connectivity index (χ1) is 18.0. The van der Waals surface area contributed by atoms with Crippen LogP contribution in [-0.2, 0) is 23.9 Å². The molecule has 0 amide bonds. The highest BCUT2D eigenvalue weighted by Crippen LogP contribution is 2.75. The topological polar surface area (TPSA) is 110 Å². The van der Waals surface area contributed by atoms with Gasteiger partial charge in [0.15, 0.2) is 5.78 Å². The van der Waals surface area contributed by atoms with Gasteiger partial charge in [0.05, 0.1) is 16.9 Å². The van der Waals surface area contributed by atoms with Crippen LogP contribution in [0.4, 0.5) is 0 Å². The lowest BCUT2D eigenvalue weighted by Crippen LogP contribution is -2.67. The number of fused-ring (bicyclic) bond motifs is 7. The Morgan fingerprint density at radius 1 is 0.897 bits per heavy atom. The molecular weight excluding hydrogens is 496 g/mol. The van der Waals surface area contributed by atoms with Crippen LogP contribution in [0.3, 0.4) is 0 Å². The molecule has 0 spiro atoms. The van der Waals surface area contributed by atoms with E-state index in [2.05, 4.69) is 27.7 Å². The van der Waals surface area contributed by atoms with Gasteiger partial charge in [-0.25, -0.2) is 0 Å². The summed E-state index contributed by atoms with van der Waals surface area (Å²) in [5.41, 5.74) is -2.07. The summed E-state index contributed by atoms with van der Waals surface area (Å²) in [7, 11) is 1.55. The molecule has 5 rings (SSSR count). The minimum atomic E-state index is -1.08. The van der Waals surface area contributed by atoms with Gasteiger partial charge in [0.2, 0.25) is 0 Å². The van der Waals surface area contributed by atoms with Crippen LogP contribution in [0.2, 0.25) is 0 Å². The molecule has 0 aromatic carbocycles. The third-order valence-corrected chi connectivity index (χ3v) is 13.5. The van der Waals surface area contributed by atoms with E-state index in [9.17, 15) is 24.6 Å². The molecule has 0 bridgehead atoms. The Morgan fingerprint density at radius 3 is 2.15 bits per heavy atom. The average Bonchev–Trinajstić information content (AvgIpc) is 2.85. The summed E-state index contributed by atoms with van der Waals surface area (Å²) >= 11 is 0. The summed E-state index contributed by atoms with van der Waals surface area (Å²) in [5.74, 6) is -2.02. The Morgan fingerprint density at radius 2 is 1.54 bits per heavy atom. The first-order valence-electron chi connectivity index (χ1n) is 14.9. The van der Waals surface area contributed by atoms with Gasteiger partial charge in [0, 0.05) is 18.9 Å². The Balaban J connectivity index is 1.66. The molecule has 5 aliphatic carbocycles. The lowest BCUT2D eigenvalue weighted by molar-refractivity contribution is -0.215. The highest BCUT2D eigenvalue weighted by Gasteiger charge is 2.72. The number of methoxy groups -OCH3 is 1. The predicted molar refractivity (Wildman–Crippen MR) is 146 cm³/mol. The Hall–Kier alpha value is -1.73. The van der Waals surface area contributed by atoms with E-state index in [0.717, 1.165) is 50.5 Å². The second kappa shape index (κ2) is 8.88. The number of ether oxygens (including phenoxy) is 2. The molecule has 5 aliphatic rings. The van der Waals surface area contributed by atoms with E-state index in [-0.39, 0.29) is 46.6 Å². The minimum Gasteiger partial charge on any atom is -0.481 e. The van der Waals surface area contributed by atoms with Crippen molar-refractivity contribution in [1.29, 1.82) is 0 Å². The Bertz CT molecular complexity index is 1110. The van der Waals surface area contributed by atoms with Crippen LogP contribution >= 0.6 is 0 Å². The molecule has 0 aromatic heterocycles. The molecule has 218 valence electrons. The van der Waals surface area contributed by atoms with Crippen LogP contribution < -0.4 is 0 Å². The van der Waals surface area contributed by atoms with Gasteiger partial charge in [-0.1, -0.05) is 39.7 Å². The van der Waals surface area contributed by atoms with E-state index in [4.69, 9.17) is 9.47 Å². The van der Waals surface area contributed by atoms with Crippen molar-refractivity contribution in [3.8, 4) is 0 Å². The van der Waals surface area contributed by atoms with Crippen molar-refractivity contribution in [3.05, 3.63) is 11.6 Å². The fraction of sp³-hybridized carbons (Fsp3) is 0.844. The molecule has 10 atom stereocenters. The Kier molecular flexibility index (Phi) is 6.56. The van der Waals surface area contributed by atoms with Gasteiger partial charge in [0.1, 0.15) is 6.79 Å². The summed E-state index contributed by atoms with van der Waals surface area (Å²) in [6.07, 6.45) is 8.37. The van der Waals surface area contributed by atoms with Gasteiger partial charge < -0.3 is 19.7 Å². The van der Waals surface area contributed by atoms with Crippen molar-refractivity contribution >= 4 is 17.7 Å². The lowest BCUT2D eigenvalue weighted by Gasteiger charge is -2.70. The van der Waals surface area contributed by atoms with Crippen LogP contribution in [0.25, 0.3) is 0 Å². The van der Waals surface area contributed by atoms with Crippen molar-refractivity contribution in [2.45, 2.75) is 105 Å². The van der Waals surface area contributed by atoms with Crippen molar-refractivity contribution in [2.75, 3.05) is 13.9 Å². The SMILES string of the molecule is COCOC1C2C3=CC(=O)C4C5(C)CCCC(C)(C(=O)O)C5CCC4(C)C3(C)CCC2(C)CCC1(C)C(=O)O. The van der Waals surface area contributed by atoms with E-state index < -0.39 is 34.3 Å². The number of allylic oxidation sites excluding steroid dienone is 1. The number of carbonyl (C=O) groups is 3. The number of rotatable bonds is 5. The molecule has 0 saturated heterocycles. The van der Waals surface area contributed by atoms with Crippen molar-refractivity contribution in [2.24, 2.45) is 50.2 Å². The fourth-order valence-corrected chi connectivity index (χ4v) is 10.9. The van der Waals surface area contributed by atoms with Gasteiger partial charge in [0.25, 0.3) is 0 Å². The van der Waals surface area contributed by atoms with Crippen molar-refractivity contribution in [3.63, 3.8) is 0 Å². The molecule has 4 fully saturated rings. The van der Waals surface area contributed by atoms with E-state index in [0.29, 0.717) is 12.8 Å². The van der Waals surface area contributed by atoms with Gasteiger partial charge in [-0.15, -0.1) is 0 Å². The molecule has 39 heavy (non-hydrogen) atoms. The number of ketones is 1. The largest absolute Gasteiger partial charge is 0.481 e. The quantitative estimate of drug-likeness (QED) is 0.402. The van der Waals surface area contributed by atoms with Crippen LogP contribution in [0.15, 0.2) is 11.6 Å². The molecule has 7 heteroatoms. The zero-order chi connectivity index (χ0) is 28.8. The number of carbonyl (C=O) groups excluding carboxylic acids is 1. The van der Waals surface area contributed by atoms with Crippen LogP contribution in [0.5, 0.6) is 0 Å². The maximum atomic E-state index is 14.5. The van der Waals surface area contributed by atoms with Crippen LogP contribution in [0.1, 0.15) is 99.3 Å². The van der Waals surface area contributed by atoms with E-state index >= 15 is 0 Å². The van der Waals surface area contributed by atoms with Crippen molar-refractivity contribution in [1.82, 2.24) is 0 Å². The highest BCUT2D eigenvalue weighted by atomic mass is 16.7. The third kappa shape index (κ3) is 3.57. The van der Waals surface area contributed by atoms with E-state index in [1.807, 2.05) is 13.0 Å². The van der Waals surface area contributed by atoms with Crippen LogP contribution in [-0.4, -0.2) is 47.9 Å². The zero-order valence-electron chi connectivity index (χ0n) is 24.9. The van der Waals surface area contributed by atoms with Crippen molar-refractivity contribution < 1.29 is 34.1 Å². The smallest absolute Gasteiger partial charge is 0.312 e. The van der Waals surface area contributed by atoms with Gasteiger partial charge in [-0.05, 0) is 98.9 Å². The number of hydrogen-bond acceptors (Lipinski definition) is 5. The zero-order valence-corrected chi connectivity index (χ0v) is 24.9. The first kappa shape index (κ1) is 28.8. The monoisotopic (exact) mass is 544 g/mol. The predicted octanol–water partition coefficient (Wildman–Crippen LogP) is 6.11. The minimum absolute atomic E-state index is 0.00543. The maximum absolute atomic E-state index is 14.5. The summed E-state index contributed by atoms with van der Waals surface area (Å²) in [6, 6.07) is 0.